The summed E-state index contributed by atoms with van der Waals surface area (Å²) in [6.45, 7) is 16.6. The molecule has 1 aliphatic carbocycles. The topological polar surface area (TPSA) is 50.4 Å². The van der Waals surface area contributed by atoms with Crippen LogP contribution in [0.4, 0.5) is 0 Å². The molecule has 1 aliphatic rings. The summed E-state index contributed by atoms with van der Waals surface area (Å²) in [5.74, 6) is 0.778. The van der Waals surface area contributed by atoms with Crippen molar-refractivity contribution in [2.45, 2.75) is 53.4 Å². The minimum absolute atomic E-state index is 0.778. The van der Waals surface area contributed by atoms with Gasteiger partial charge in [-0.15, -0.1) is 0 Å². The van der Waals surface area contributed by atoms with Crippen molar-refractivity contribution >= 4 is 5.71 Å². The first-order valence-electron chi connectivity index (χ1n) is 9.84. The van der Waals surface area contributed by atoms with Crippen molar-refractivity contribution in [3.63, 3.8) is 0 Å². The number of nitrogens with one attached hydrogen (secondary N) is 1. The maximum absolute atomic E-state index is 5.54. The van der Waals surface area contributed by atoms with Crippen LogP contribution in [0.15, 0.2) is 71.5 Å². The van der Waals surface area contributed by atoms with E-state index in [1.165, 1.54) is 36.9 Å². The average Bonchev–Trinajstić information content (AvgIpc) is 3.19. The molecular weight excluding hydrogens is 330 g/mol. The third kappa shape index (κ3) is 11.1. The van der Waals surface area contributed by atoms with Gasteiger partial charge in [0, 0.05) is 25.0 Å². The van der Waals surface area contributed by atoms with Crippen LogP contribution in [-0.4, -0.2) is 19.3 Å². The highest BCUT2D eigenvalue weighted by atomic mass is 14.9. The summed E-state index contributed by atoms with van der Waals surface area (Å²) in [6.07, 6.45) is 7.20. The lowest BCUT2D eigenvalue weighted by molar-refractivity contribution is 0.587. The highest BCUT2D eigenvalue weighted by Gasteiger charge is 2.16. The molecule has 0 spiro atoms. The van der Waals surface area contributed by atoms with E-state index in [-0.39, 0.29) is 0 Å². The Hall–Kier alpha value is -2.29. The molecule has 0 radical (unpaired) electrons. The van der Waals surface area contributed by atoms with Crippen LogP contribution in [0.5, 0.6) is 0 Å². The van der Waals surface area contributed by atoms with E-state index in [4.69, 9.17) is 5.73 Å². The molecule has 0 amide bonds. The SMILES string of the molecule is C=C(NCC)C1CCCC1.C=CC(=NC)/C(C)=C(\C)N.Cc1ccccc1. The fourth-order valence-electron chi connectivity index (χ4n) is 2.79. The van der Waals surface area contributed by atoms with E-state index < -0.39 is 0 Å². The summed E-state index contributed by atoms with van der Waals surface area (Å²) in [6, 6.07) is 10.3. The van der Waals surface area contributed by atoms with Crippen LogP contribution in [-0.2, 0) is 0 Å². The molecule has 2 rings (SSSR count). The lowest BCUT2D eigenvalue weighted by atomic mass is 10.1. The summed E-state index contributed by atoms with van der Waals surface area (Å²) in [5, 5.41) is 3.29. The number of nitrogens with two attached hydrogens (primary N) is 1. The lowest BCUT2D eigenvalue weighted by Crippen LogP contribution is -2.16. The Balaban J connectivity index is 0.000000382. The van der Waals surface area contributed by atoms with Crippen molar-refractivity contribution in [3.8, 4) is 0 Å². The van der Waals surface area contributed by atoms with Gasteiger partial charge in [0.05, 0.1) is 5.71 Å². The molecule has 3 nitrogen and oxygen atoms in total. The third-order valence-corrected chi connectivity index (χ3v) is 4.60. The van der Waals surface area contributed by atoms with Crippen molar-refractivity contribution in [3.05, 3.63) is 72.1 Å². The van der Waals surface area contributed by atoms with Crippen molar-refractivity contribution in [2.75, 3.05) is 13.6 Å². The van der Waals surface area contributed by atoms with Crippen molar-refractivity contribution in [1.82, 2.24) is 5.32 Å². The van der Waals surface area contributed by atoms with E-state index in [0.717, 1.165) is 29.4 Å². The minimum atomic E-state index is 0.778. The average molecular weight is 370 g/mol. The van der Waals surface area contributed by atoms with Gasteiger partial charge in [0.2, 0.25) is 0 Å². The summed E-state index contributed by atoms with van der Waals surface area (Å²) >= 11 is 0. The van der Waals surface area contributed by atoms with Gasteiger partial charge >= 0.3 is 0 Å². The second-order valence-electron chi connectivity index (χ2n) is 6.81. The largest absolute Gasteiger partial charge is 0.402 e. The van der Waals surface area contributed by atoms with Gasteiger partial charge in [0.15, 0.2) is 0 Å². The lowest BCUT2D eigenvalue weighted by Gasteiger charge is -2.13. The molecule has 3 N–H and O–H groups in total. The third-order valence-electron chi connectivity index (χ3n) is 4.60. The molecule has 0 aliphatic heterocycles. The number of aliphatic imine (C=N–C) groups is 1. The van der Waals surface area contributed by atoms with Gasteiger partial charge < -0.3 is 11.1 Å². The molecule has 0 saturated heterocycles. The highest BCUT2D eigenvalue weighted by Crippen LogP contribution is 2.28. The molecule has 27 heavy (non-hydrogen) atoms. The van der Waals surface area contributed by atoms with Crippen molar-refractivity contribution in [2.24, 2.45) is 16.6 Å². The van der Waals surface area contributed by atoms with E-state index in [2.05, 4.69) is 49.4 Å². The van der Waals surface area contributed by atoms with Crippen LogP contribution in [0.3, 0.4) is 0 Å². The molecule has 0 atom stereocenters. The zero-order valence-corrected chi connectivity index (χ0v) is 18.0. The number of benzene rings is 1. The van der Waals surface area contributed by atoms with Crippen molar-refractivity contribution in [1.29, 1.82) is 0 Å². The highest BCUT2D eigenvalue weighted by molar-refractivity contribution is 6.07. The molecule has 1 aromatic rings. The summed E-state index contributed by atoms with van der Waals surface area (Å²) in [4.78, 5) is 3.99. The second-order valence-corrected chi connectivity index (χ2v) is 6.81. The number of aryl methyl sites for hydroxylation is 1. The first-order chi connectivity index (χ1) is 12.9. The Morgan fingerprint density at radius 2 is 1.78 bits per heavy atom. The molecule has 150 valence electrons. The molecule has 1 fully saturated rings. The van der Waals surface area contributed by atoms with E-state index in [1.807, 2.05) is 32.0 Å². The molecule has 1 saturated carbocycles. The zero-order chi connectivity index (χ0) is 20.7. The maximum Gasteiger partial charge on any atom is 0.0611 e. The Kier molecular flexibility index (Phi) is 13.6. The number of rotatable bonds is 5. The van der Waals surface area contributed by atoms with Crippen LogP contribution < -0.4 is 11.1 Å². The Morgan fingerprint density at radius 3 is 2.07 bits per heavy atom. The quantitative estimate of drug-likeness (QED) is 0.645. The first-order valence-corrected chi connectivity index (χ1v) is 9.84. The summed E-state index contributed by atoms with van der Waals surface area (Å²) in [5.41, 5.74) is 10.8. The van der Waals surface area contributed by atoms with E-state index in [0.29, 0.717) is 0 Å². The smallest absolute Gasteiger partial charge is 0.0611 e. The van der Waals surface area contributed by atoms with Gasteiger partial charge in [-0.05, 0) is 58.1 Å². The van der Waals surface area contributed by atoms with Crippen LogP contribution in [0, 0.1) is 12.8 Å². The van der Waals surface area contributed by atoms with E-state index >= 15 is 0 Å². The molecule has 3 heteroatoms. The maximum atomic E-state index is 5.54. The fraction of sp³-hybridized carbons (Fsp3) is 0.458. The van der Waals surface area contributed by atoms with Crippen molar-refractivity contribution < 1.29 is 0 Å². The normalized spacial score (nSPS) is 14.8. The number of hydrogen-bond donors (Lipinski definition) is 2. The standard InChI is InChI=1S/C9H17N.C8H14N2.C7H8/c1-3-10-8(2)9-6-4-5-7-9;1-5-8(10-4)6(2)7(3)9;1-7-5-3-2-4-6-7/h9-10H,2-7H2,1H3;5H,1,9H2,2-4H3;2-6H,1H3/b;7-6+,10-8?;. The van der Waals surface area contributed by atoms with Gasteiger partial charge in [0.25, 0.3) is 0 Å². The van der Waals surface area contributed by atoms with Gasteiger partial charge in [-0.2, -0.15) is 0 Å². The predicted octanol–water partition coefficient (Wildman–Crippen LogP) is 5.79. The molecular formula is C24H39N3. The first kappa shape index (κ1) is 24.7. The molecule has 0 heterocycles. The number of allylic oxidation sites excluding steroid dienone is 4. The number of nitrogens with zero attached hydrogens (tertiary/aromatic N) is 1. The monoisotopic (exact) mass is 369 g/mol. The van der Waals surface area contributed by atoms with Crippen LogP contribution >= 0.6 is 0 Å². The zero-order valence-electron chi connectivity index (χ0n) is 18.0. The predicted molar refractivity (Wildman–Crippen MR) is 122 cm³/mol. The molecule has 0 bridgehead atoms. The van der Waals surface area contributed by atoms with Gasteiger partial charge in [-0.3, -0.25) is 4.99 Å². The molecule has 0 aromatic heterocycles. The fourth-order valence-corrected chi connectivity index (χ4v) is 2.79. The van der Waals surface area contributed by atoms with Gasteiger partial charge in [-0.1, -0.05) is 61.9 Å². The number of hydrogen-bond acceptors (Lipinski definition) is 3. The summed E-state index contributed by atoms with van der Waals surface area (Å²) < 4.78 is 0. The van der Waals surface area contributed by atoms with E-state index in [9.17, 15) is 0 Å². The van der Waals surface area contributed by atoms with Crippen LogP contribution in [0.2, 0.25) is 0 Å². The van der Waals surface area contributed by atoms with Gasteiger partial charge in [-0.25, -0.2) is 0 Å². The molecule has 0 unspecified atom stereocenters. The Bertz CT molecular complexity index is 602. The molecule has 1 aromatic carbocycles. The van der Waals surface area contributed by atoms with Gasteiger partial charge in [0.1, 0.15) is 0 Å². The van der Waals surface area contributed by atoms with Crippen LogP contribution in [0.25, 0.3) is 0 Å². The second kappa shape index (κ2) is 14.8. The Morgan fingerprint density at radius 1 is 1.22 bits per heavy atom. The van der Waals surface area contributed by atoms with E-state index in [1.54, 1.807) is 13.1 Å². The minimum Gasteiger partial charge on any atom is -0.402 e. The van der Waals surface area contributed by atoms with Crippen LogP contribution in [0.1, 0.15) is 52.0 Å². The Labute approximate surface area is 167 Å². The summed E-state index contributed by atoms with van der Waals surface area (Å²) in [7, 11) is 1.73.